The van der Waals surface area contributed by atoms with E-state index in [1.165, 1.54) is 16.8 Å². The van der Waals surface area contributed by atoms with Crippen LogP contribution in [0.5, 0.6) is 0 Å². The molecule has 2 aromatic heterocycles. The number of nitrogens with zero attached hydrogens (tertiary/aromatic N) is 4. The smallest absolute Gasteiger partial charge is 0.0694 e. The van der Waals surface area contributed by atoms with Crippen LogP contribution >= 0.6 is 0 Å². The van der Waals surface area contributed by atoms with Gasteiger partial charge in [0.25, 0.3) is 0 Å². The first-order chi connectivity index (χ1) is 9.06. The highest BCUT2D eigenvalue weighted by atomic mass is 15.3. The fourth-order valence-corrected chi connectivity index (χ4v) is 2.23. The predicted molar refractivity (Wildman–Crippen MR) is 75.9 cm³/mol. The van der Waals surface area contributed by atoms with Crippen LogP contribution in [0.4, 0.5) is 0 Å². The van der Waals surface area contributed by atoms with Crippen molar-refractivity contribution in [2.24, 2.45) is 14.1 Å². The van der Waals surface area contributed by atoms with E-state index in [1.54, 1.807) is 0 Å². The van der Waals surface area contributed by atoms with Crippen molar-refractivity contribution in [3.05, 3.63) is 35.4 Å². The average molecular weight is 261 g/mol. The number of hydrogen-bond acceptors (Lipinski definition) is 3. The number of aryl methyl sites for hydroxylation is 2. The van der Waals surface area contributed by atoms with Crippen molar-refractivity contribution in [2.75, 3.05) is 6.54 Å². The van der Waals surface area contributed by atoms with E-state index in [2.05, 4.69) is 41.8 Å². The zero-order valence-electron chi connectivity index (χ0n) is 12.2. The van der Waals surface area contributed by atoms with Crippen LogP contribution in [-0.4, -0.2) is 26.1 Å². The van der Waals surface area contributed by atoms with Crippen LogP contribution in [-0.2, 0) is 27.1 Å². The van der Waals surface area contributed by atoms with Gasteiger partial charge in [0.2, 0.25) is 0 Å². The van der Waals surface area contributed by atoms with E-state index in [-0.39, 0.29) is 0 Å². The van der Waals surface area contributed by atoms with E-state index in [0.717, 1.165) is 19.5 Å². The van der Waals surface area contributed by atoms with Crippen LogP contribution in [0.25, 0.3) is 0 Å². The van der Waals surface area contributed by atoms with E-state index < -0.39 is 0 Å². The van der Waals surface area contributed by atoms with Gasteiger partial charge in [0, 0.05) is 38.6 Å². The Balaban J connectivity index is 1.82. The summed E-state index contributed by atoms with van der Waals surface area (Å²) in [6, 6.07) is 0. The lowest BCUT2D eigenvalue weighted by Crippen LogP contribution is -2.17. The molecule has 0 saturated heterocycles. The molecule has 2 rings (SSSR count). The fourth-order valence-electron chi connectivity index (χ4n) is 2.23. The van der Waals surface area contributed by atoms with Gasteiger partial charge < -0.3 is 5.32 Å². The Kier molecular flexibility index (Phi) is 4.37. The van der Waals surface area contributed by atoms with Gasteiger partial charge in [0.1, 0.15) is 0 Å². The van der Waals surface area contributed by atoms with Crippen molar-refractivity contribution in [1.82, 2.24) is 24.9 Å². The second-order valence-electron chi connectivity index (χ2n) is 5.32. The Morgan fingerprint density at radius 3 is 2.63 bits per heavy atom. The Labute approximate surface area is 114 Å². The Morgan fingerprint density at radius 1 is 1.21 bits per heavy atom. The molecule has 19 heavy (non-hydrogen) atoms. The topological polar surface area (TPSA) is 47.7 Å². The molecule has 0 aliphatic rings. The molecule has 0 amide bonds. The van der Waals surface area contributed by atoms with Crippen LogP contribution in [0.15, 0.2) is 18.6 Å². The molecule has 0 spiro atoms. The minimum atomic E-state index is 0.469. The molecule has 0 radical (unpaired) electrons. The lowest BCUT2D eigenvalue weighted by atomic mass is 10.1. The minimum Gasteiger partial charge on any atom is -0.312 e. The van der Waals surface area contributed by atoms with Crippen molar-refractivity contribution >= 4 is 0 Å². The molecule has 5 nitrogen and oxygen atoms in total. The van der Waals surface area contributed by atoms with Crippen molar-refractivity contribution in [1.29, 1.82) is 0 Å². The largest absolute Gasteiger partial charge is 0.312 e. The lowest BCUT2D eigenvalue weighted by Gasteiger charge is -2.06. The number of nitrogens with one attached hydrogen (secondary N) is 1. The summed E-state index contributed by atoms with van der Waals surface area (Å²) in [7, 11) is 3.92. The van der Waals surface area contributed by atoms with Crippen LogP contribution in [0.1, 0.15) is 36.6 Å². The highest BCUT2D eigenvalue weighted by Gasteiger charge is 2.10. The summed E-state index contributed by atoms with van der Waals surface area (Å²) in [5.74, 6) is 0.469. The summed E-state index contributed by atoms with van der Waals surface area (Å²) in [6.45, 7) is 6.20. The van der Waals surface area contributed by atoms with Gasteiger partial charge in [-0.1, -0.05) is 13.8 Å². The molecule has 0 unspecified atom stereocenters. The van der Waals surface area contributed by atoms with E-state index in [0.29, 0.717) is 5.92 Å². The van der Waals surface area contributed by atoms with Crippen molar-refractivity contribution in [3.8, 4) is 0 Å². The average Bonchev–Trinajstić information content (AvgIpc) is 2.91. The van der Waals surface area contributed by atoms with Crippen molar-refractivity contribution < 1.29 is 0 Å². The maximum atomic E-state index is 4.51. The van der Waals surface area contributed by atoms with Gasteiger partial charge >= 0.3 is 0 Å². The second kappa shape index (κ2) is 6.02. The van der Waals surface area contributed by atoms with Crippen LogP contribution < -0.4 is 5.32 Å². The molecule has 0 aliphatic heterocycles. The van der Waals surface area contributed by atoms with Crippen LogP contribution in [0, 0.1) is 0 Å². The van der Waals surface area contributed by atoms with Gasteiger partial charge in [-0.15, -0.1) is 0 Å². The fraction of sp³-hybridized carbons (Fsp3) is 0.571. The van der Waals surface area contributed by atoms with E-state index in [1.807, 2.05) is 29.7 Å². The third-order valence-corrected chi connectivity index (χ3v) is 3.15. The van der Waals surface area contributed by atoms with Crippen molar-refractivity contribution in [2.45, 2.75) is 32.7 Å². The maximum absolute atomic E-state index is 4.51. The highest BCUT2D eigenvalue weighted by Crippen LogP contribution is 2.16. The molecule has 2 heterocycles. The van der Waals surface area contributed by atoms with Gasteiger partial charge in [0.15, 0.2) is 0 Å². The molecular formula is C14H23N5. The van der Waals surface area contributed by atoms with Gasteiger partial charge in [-0.3, -0.25) is 9.36 Å². The molecule has 0 atom stereocenters. The monoisotopic (exact) mass is 261 g/mol. The molecule has 0 aliphatic carbocycles. The number of hydrogen-bond donors (Lipinski definition) is 1. The van der Waals surface area contributed by atoms with Gasteiger partial charge in [-0.2, -0.15) is 10.2 Å². The van der Waals surface area contributed by atoms with E-state index in [9.17, 15) is 0 Å². The summed E-state index contributed by atoms with van der Waals surface area (Å²) in [5, 5.41) is 12.2. The zero-order valence-corrected chi connectivity index (χ0v) is 12.2. The van der Waals surface area contributed by atoms with E-state index in [4.69, 9.17) is 0 Å². The number of rotatable bonds is 6. The van der Waals surface area contributed by atoms with Gasteiger partial charge in [-0.05, 0) is 24.4 Å². The highest BCUT2D eigenvalue weighted by molar-refractivity contribution is 5.20. The maximum Gasteiger partial charge on any atom is 0.0694 e. The summed E-state index contributed by atoms with van der Waals surface area (Å²) in [4.78, 5) is 0. The Bertz CT molecular complexity index is 524. The van der Waals surface area contributed by atoms with Crippen LogP contribution in [0.3, 0.4) is 0 Å². The van der Waals surface area contributed by atoms with E-state index >= 15 is 0 Å². The summed E-state index contributed by atoms with van der Waals surface area (Å²) in [6.07, 6.45) is 7.09. The molecule has 0 saturated carbocycles. The lowest BCUT2D eigenvalue weighted by molar-refractivity contribution is 0.673. The molecule has 0 fully saturated rings. The first-order valence-corrected chi connectivity index (χ1v) is 6.77. The molecular weight excluding hydrogens is 238 g/mol. The predicted octanol–water partition coefficient (Wildman–Crippen LogP) is 1.61. The summed E-state index contributed by atoms with van der Waals surface area (Å²) in [5.41, 5.74) is 3.75. The first kappa shape index (κ1) is 13.8. The molecule has 5 heteroatoms. The first-order valence-electron chi connectivity index (χ1n) is 6.77. The SMILES string of the molecule is CC(C)c1nn(C)cc1CNCCc1cnn(C)c1. The van der Waals surface area contributed by atoms with Crippen LogP contribution in [0.2, 0.25) is 0 Å². The quantitative estimate of drug-likeness (QED) is 0.804. The molecule has 2 aromatic rings. The summed E-state index contributed by atoms with van der Waals surface area (Å²) >= 11 is 0. The van der Waals surface area contributed by atoms with Crippen molar-refractivity contribution in [3.63, 3.8) is 0 Å². The summed E-state index contributed by atoms with van der Waals surface area (Å²) < 4.78 is 3.74. The third kappa shape index (κ3) is 3.67. The van der Waals surface area contributed by atoms with Gasteiger partial charge in [0.05, 0.1) is 11.9 Å². The minimum absolute atomic E-state index is 0.469. The Hall–Kier alpha value is -1.62. The Morgan fingerprint density at radius 2 is 2.00 bits per heavy atom. The molecule has 0 bridgehead atoms. The second-order valence-corrected chi connectivity index (χ2v) is 5.32. The molecule has 1 N–H and O–H groups in total. The normalized spacial score (nSPS) is 11.4. The molecule has 104 valence electrons. The number of aromatic nitrogens is 4. The third-order valence-electron chi connectivity index (χ3n) is 3.15. The standard InChI is InChI=1S/C14H23N5/c1-11(2)14-13(10-19(4)17-14)8-15-6-5-12-7-16-18(3)9-12/h7,9-11,15H,5-6,8H2,1-4H3. The van der Waals surface area contributed by atoms with Gasteiger partial charge in [-0.25, -0.2) is 0 Å². The zero-order chi connectivity index (χ0) is 13.8. The molecule has 0 aromatic carbocycles.